The summed E-state index contributed by atoms with van der Waals surface area (Å²) in [4.78, 5) is 9.38. The molecule has 20 heavy (non-hydrogen) atoms. The highest BCUT2D eigenvalue weighted by Crippen LogP contribution is 2.08. The number of hydrogen-bond donors (Lipinski definition) is 0. The molecule has 0 N–H and O–H groups in total. The van der Waals surface area contributed by atoms with Crippen LogP contribution in [0.5, 0.6) is 0 Å². The summed E-state index contributed by atoms with van der Waals surface area (Å²) in [6, 6.07) is 0. The second-order valence-electron chi connectivity index (χ2n) is 3.99. The molecule has 8 heteroatoms. The first-order valence-electron chi connectivity index (χ1n) is 6.72. The van der Waals surface area contributed by atoms with Gasteiger partial charge in [-0.15, -0.1) is 0 Å². The largest absolute Gasteiger partial charge is 0.208 e. The lowest BCUT2D eigenvalue weighted by Gasteiger charge is -2.00. The van der Waals surface area contributed by atoms with E-state index in [1.807, 2.05) is 0 Å². The summed E-state index contributed by atoms with van der Waals surface area (Å²) in [6.07, 6.45) is 4.41. The van der Waals surface area contributed by atoms with Crippen molar-refractivity contribution in [1.29, 1.82) is 0 Å². The van der Waals surface area contributed by atoms with Crippen LogP contribution < -0.4 is 0 Å². The third-order valence-electron chi connectivity index (χ3n) is 2.19. The number of hydrogen-bond acceptors (Lipinski definition) is 8. The summed E-state index contributed by atoms with van der Waals surface area (Å²) in [7, 11) is 0. The molecule has 0 heterocycles. The summed E-state index contributed by atoms with van der Waals surface area (Å²) in [5.41, 5.74) is 1.12. The van der Waals surface area contributed by atoms with Gasteiger partial charge in [-0.1, -0.05) is 35.4 Å². The van der Waals surface area contributed by atoms with E-state index in [9.17, 15) is 0 Å². The van der Waals surface area contributed by atoms with Crippen molar-refractivity contribution in [3.63, 3.8) is 0 Å². The lowest BCUT2D eigenvalue weighted by molar-refractivity contribution is -0.192. The van der Waals surface area contributed by atoms with Crippen molar-refractivity contribution in [2.75, 3.05) is 11.5 Å². The van der Waals surface area contributed by atoms with Crippen molar-refractivity contribution in [2.45, 2.75) is 53.4 Å². The quantitative estimate of drug-likeness (QED) is 0.163. The minimum absolute atomic E-state index is 0.559. The van der Waals surface area contributed by atoms with Gasteiger partial charge >= 0.3 is 0 Å². The van der Waals surface area contributed by atoms with E-state index in [1.165, 1.54) is 24.1 Å². The summed E-state index contributed by atoms with van der Waals surface area (Å²) in [5, 5.41) is 7.50. The van der Waals surface area contributed by atoms with E-state index in [4.69, 9.17) is 18.6 Å². The number of unbranched alkanes of at least 4 members (excludes halogenated alkanes) is 2. The summed E-state index contributed by atoms with van der Waals surface area (Å²) in [6.45, 7) is 7.72. The zero-order chi connectivity index (χ0) is 15.1. The molecule has 0 saturated heterocycles. The third-order valence-corrected chi connectivity index (χ3v) is 3.42. The van der Waals surface area contributed by atoms with Gasteiger partial charge < -0.3 is 0 Å². The molecule has 0 aliphatic heterocycles. The lowest BCUT2D eigenvalue weighted by atomic mass is 10.3. The smallest absolute Gasteiger partial charge is 0.105 e. The number of nitrogens with zero attached hydrogens (tertiary/aromatic N) is 2. The maximum Gasteiger partial charge on any atom is 0.105 e. The molecule has 0 aromatic carbocycles. The first-order valence-corrected chi connectivity index (χ1v) is 8.54. The maximum absolute atomic E-state index is 4.82. The van der Waals surface area contributed by atoms with Gasteiger partial charge in [-0.2, -0.15) is 0 Å². The Balaban J connectivity index is 3.68. The predicted octanol–water partition coefficient (Wildman–Crippen LogP) is 4.53. The zero-order valence-corrected chi connectivity index (χ0v) is 14.2. The average molecular weight is 324 g/mol. The Hall–Kier alpha value is -0.440. The lowest BCUT2D eigenvalue weighted by Crippen LogP contribution is -2.06. The van der Waals surface area contributed by atoms with Crippen LogP contribution in [0.15, 0.2) is 10.3 Å². The molecular formula is C12H24N2O4S2. The molecule has 0 radical (unpaired) electrons. The van der Waals surface area contributed by atoms with Crippen LogP contribution in [0, 0.1) is 0 Å². The molecule has 0 spiro atoms. The molecule has 0 amide bonds. The summed E-state index contributed by atoms with van der Waals surface area (Å²) >= 11 is 2.46. The van der Waals surface area contributed by atoms with Crippen LogP contribution in [0.25, 0.3) is 0 Å². The minimum atomic E-state index is 0.559. The van der Waals surface area contributed by atoms with E-state index >= 15 is 0 Å². The fourth-order valence-electron chi connectivity index (χ4n) is 0.792. The van der Waals surface area contributed by atoms with Crippen molar-refractivity contribution in [3.8, 4) is 0 Å². The normalized spacial score (nSPS) is 12.6. The van der Waals surface area contributed by atoms with E-state index in [1.54, 1.807) is 13.8 Å². The van der Waals surface area contributed by atoms with Gasteiger partial charge in [-0.05, 0) is 37.0 Å². The van der Waals surface area contributed by atoms with Crippen molar-refractivity contribution >= 4 is 35.5 Å². The fourth-order valence-corrected chi connectivity index (χ4v) is 1.89. The molecule has 118 valence electrons. The highest BCUT2D eigenvalue weighted by Gasteiger charge is 2.00. The van der Waals surface area contributed by atoms with Crippen LogP contribution in [-0.2, 0) is 18.6 Å². The van der Waals surface area contributed by atoms with E-state index in [0.717, 1.165) is 37.2 Å². The monoisotopic (exact) mass is 324 g/mol. The molecular weight excluding hydrogens is 300 g/mol. The van der Waals surface area contributed by atoms with E-state index in [-0.39, 0.29) is 0 Å². The van der Waals surface area contributed by atoms with Gasteiger partial charge in [0.25, 0.3) is 0 Å². The molecule has 0 rings (SSSR count). The minimum Gasteiger partial charge on any atom is -0.208 e. The Labute approximate surface area is 129 Å². The molecule has 0 fully saturated rings. The Morgan fingerprint density at radius 1 is 0.800 bits per heavy atom. The molecule has 0 aliphatic carbocycles. The molecule has 0 aromatic rings. The molecule has 0 unspecified atom stereocenters. The SMILES string of the molecule is CCCCSOO/N=C(C)\C(C)=N\OOSCCCC. The number of oxime groups is 2. The van der Waals surface area contributed by atoms with Crippen LogP contribution in [0.2, 0.25) is 0 Å². The molecule has 0 atom stereocenters. The first-order chi connectivity index (χ1) is 9.72. The molecule has 0 aromatic heterocycles. The zero-order valence-electron chi connectivity index (χ0n) is 12.6. The van der Waals surface area contributed by atoms with Gasteiger partial charge in [-0.3, -0.25) is 0 Å². The van der Waals surface area contributed by atoms with E-state index in [2.05, 4.69) is 24.2 Å². The van der Waals surface area contributed by atoms with Crippen molar-refractivity contribution in [1.82, 2.24) is 0 Å². The van der Waals surface area contributed by atoms with Crippen LogP contribution in [-0.4, -0.2) is 22.9 Å². The molecule has 0 aliphatic rings. The second-order valence-corrected chi connectivity index (χ2v) is 5.55. The standard InChI is InChI=1S/C12H24N2O4S2/c1-5-7-9-19-17-15-13-11(3)12(4)14-16-18-20-10-8-6-2/h5-10H2,1-4H3/b13-11-,14-12+. The van der Waals surface area contributed by atoms with Gasteiger partial charge in [0.1, 0.15) is 11.4 Å². The van der Waals surface area contributed by atoms with Crippen LogP contribution in [0.4, 0.5) is 0 Å². The maximum atomic E-state index is 4.82. The Morgan fingerprint density at radius 3 is 1.55 bits per heavy atom. The van der Waals surface area contributed by atoms with Gasteiger partial charge in [0.05, 0.1) is 0 Å². The average Bonchev–Trinajstić information content (AvgIpc) is 2.45. The first kappa shape index (κ1) is 19.6. The number of rotatable bonds is 13. The van der Waals surface area contributed by atoms with Crippen molar-refractivity contribution in [3.05, 3.63) is 0 Å². The van der Waals surface area contributed by atoms with E-state index in [0.29, 0.717) is 11.4 Å². The van der Waals surface area contributed by atoms with E-state index < -0.39 is 0 Å². The van der Waals surface area contributed by atoms with Crippen LogP contribution >= 0.6 is 24.1 Å². The molecule has 6 nitrogen and oxygen atoms in total. The third kappa shape index (κ3) is 12.6. The topological polar surface area (TPSA) is 61.6 Å². The molecule has 0 saturated carbocycles. The van der Waals surface area contributed by atoms with Crippen LogP contribution in [0.1, 0.15) is 53.4 Å². The summed E-state index contributed by atoms with van der Waals surface area (Å²) < 4.78 is 9.65. The van der Waals surface area contributed by atoms with Gasteiger partial charge in [0, 0.05) is 35.6 Å². The Morgan fingerprint density at radius 2 is 1.20 bits per heavy atom. The predicted molar refractivity (Wildman–Crippen MR) is 85.3 cm³/mol. The fraction of sp³-hybridized carbons (Fsp3) is 0.833. The second kappa shape index (κ2) is 15.0. The van der Waals surface area contributed by atoms with Crippen LogP contribution in [0.3, 0.4) is 0 Å². The van der Waals surface area contributed by atoms with Crippen molar-refractivity contribution < 1.29 is 18.6 Å². The van der Waals surface area contributed by atoms with Gasteiger partial charge in [0.15, 0.2) is 0 Å². The van der Waals surface area contributed by atoms with Gasteiger partial charge in [0.2, 0.25) is 0 Å². The van der Waals surface area contributed by atoms with Gasteiger partial charge in [-0.25, -0.2) is 9.98 Å². The highest BCUT2D eigenvalue weighted by atomic mass is 32.2. The Bertz CT molecular complexity index is 261. The highest BCUT2D eigenvalue weighted by molar-refractivity contribution is 7.94. The Kier molecular flexibility index (Phi) is 14.6. The summed E-state index contributed by atoms with van der Waals surface area (Å²) in [5.74, 6) is 1.76. The van der Waals surface area contributed by atoms with Crippen molar-refractivity contribution in [2.24, 2.45) is 10.3 Å². The molecule has 0 bridgehead atoms.